The number of nitrogens with two attached hydrogens (primary N) is 1. The van der Waals surface area contributed by atoms with Gasteiger partial charge >= 0.3 is 0 Å². The van der Waals surface area contributed by atoms with Crippen LogP contribution in [0.15, 0.2) is 47.4 Å². The number of halogens is 1. The summed E-state index contributed by atoms with van der Waals surface area (Å²) in [4.78, 5) is 16.1. The second-order valence-electron chi connectivity index (χ2n) is 9.43. The van der Waals surface area contributed by atoms with Gasteiger partial charge < -0.3 is 11.1 Å². The van der Waals surface area contributed by atoms with Gasteiger partial charge in [-0.3, -0.25) is 9.69 Å². The van der Waals surface area contributed by atoms with Gasteiger partial charge in [-0.1, -0.05) is 36.7 Å². The number of nitrogens with one attached hydrogen (secondary N) is 1. The first-order chi connectivity index (χ1) is 15.7. The molecule has 2 aromatic rings. The zero-order valence-corrected chi connectivity index (χ0v) is 20.8. The molecule has 1 amide bonds. The van der Waals surface area contributed by atoms with Crippen molar-refractivity contribution in [2.45, 2.75) is 55.5 Å². The summed E-state index contributed by atoms with van der Waals surface area (Å²) in [7, 11) is -1.19. The van der Waals surface area contributed by atoms with Crippen LogP contribution in [0.5, 0.6) is 0 Å². The third kappa shape index (κ3) is 4.51. The lowest BCUT2D eigenvalue weighted by Gasteiger charge is -2.57. The van der Waals surface area contributed by atoms with Crippen molar-refractivity contribution in [1.29, 1.82) is 0 Å². The van der Waals surface area contributed by atoms with Crippen LogP contribution in [0.4, 0.5) is 5.69 Å². The Bertz CT molecular complexity index is 1110. The van der Waals surface area contributed by atoms with E-state index in [1.807, 2.05) is 19.1 Å². The van der Waals surface area contributed by atoms with Crippen molar-refractivity contribution < 1.29 is 13.2 Å². The highest BCUT2D eigenvalue weighted by atomic mass is 35.5. The van der Waals surface area contributed by atoms with E-state index in [-0.39, 0.29) is 28.8 Å². The number of carbonyl (C=O) groups is 1. The van der Waals surface area contributed by atoms with Crippen molar-refractivity contribution in [3.05, 3.63) is 58.6 Å². The second-order valence-corrected chi connectivity index (χ2v) is 11.9. The zero-order valence-electron chi connectivity index (χ0n) is 19.2. The molecular formula is C25H32ClN3O3S. The average molecular weight is 490 g/mol. The molecule has 1 aliphatic carbocycles. The number of benzene rings is 2. The molecule has 8 heteroatoms. The molecule has 3 N–H and O–H groups in total. The van der Waals surface area contributed by atoms with Gasteiger partial charge in [0.1, 0.15) is 0 Å². The molecular weight excluding hydrogens is 458 g/mol. The number of amides is 1. The molecule has 2 aliphatic heterocycles. The predicted molar refractivity (Wildman–Crippen MR) is 132 cm³/mol. The molecule has 1 atom stereocenters. The number of hydrogen-bond acceptors (Lipinski definition) is 5. The molecule has 6 nitrogen and oxygen atoms in total. The number of likely N-dealkylation sites (N-methyl/N-ethyl adjacent to an activating group) is 1. The molecule has 3 fully saturated rings. The van der Waals surface area contributed by atoms with E-state index in [4.69, 9.17) is 17.3 Å². The molecule has 0 radical (unpaired) electrons. The van der Waals surface area contributed by atoms with Crippen molar-refractivity contribution in [1.82, 2.24) is 10.2 Å². The van der Waals surface area contributed by atoms with Gasteiger partial charge in [0.05, 0.1) is 27.3 Å². The average Bonchev–Trinajstić information content (AvgIpc) is 2.78. The Balaban J connectivity index is 1.73. The van der Waals surface area contributed by atoms with Crippen LogP contribution in [0.3, 0.4) is 0 Å². The molecule has 0 unspecified atom stereocenters. The summed E-state index contributed by atoms with van der Waals surface area (Å²) in [5, 5.41) is 3.55. The number of piperidine rings is 2. The lowest BCUT2D eigenvalue weighted by Crippen LogP contribution is -2.62. The first kappa shape index (κ1) is 24.0. The summed E-state index contributed by atoms with van der Waals surface area (Å²) < 4.78 is 25.0. The molecule has 2 bridgehead atoms. The molecule has 0 aromatic heterocycles. The van der Waals surface area contributed by atoms with E-state index in [1.54, 1.807) is 30.3 Å². The lowest BCUT2D eigenvalue weighted by molar-refractivity contribution is -0.0404. The Morgan fingerprint density at radius 2 is 1.88 bits per heavy atom. The Morgan fingerprint density at radius 3 is 2.45 bits per heavy atom. The summed E-state index contributed by atoms with van der Waals surface area (Å²) in [5.74, 6) is 0.488. The van der Waals surface area contributed by atoms with Gasteiger partial charge in [0.2, 0.25) is 0 Å². The van der Waals surface area contributed by atoms with Gasteiger partial charge in [0, 0.05) is 17.8 Å². The van der Waals surface area contributed by atoms with Crippen LogP contribution in [-0.4, -0.2) is 44.1 Å². The van der Waals surface area contributed by atoms with Crippen molar-refractivity contribution in [2.24, 2.45) is 5.92 Å². The standard InChI is InChI=1S/C25H32ClN3O3S/c1-3-15-33(31,32)19-9-7-18(8-10-19)23(25-13-11-17(12-14-25)16-29(25)2)28-24(30)22-20(26)5-4-6-21(22)27/h4-10,17,23H,3,11-16,27H2,1-2H3,(H,28,30)/t17?,23-,25?/m1/s1. The number of carbonyl (C=O) groups excluding carboxylic acids is 1. The van der Waals surface area contributed by atoms with Gasteiger partial charge in [-0.05, 0) is 74.9 Å². The Morgan fingerprint density at radius 1 is 1.21 bits per heavy atom. The Labute approximate surface area is 201 Å². The largest absolute Gasteiger partial charge is 0.398 e. The SMILES string of the molecule is CCCS(=O)(=O)c1ccc([C@@H](NC(=O)c2c(N)cccc2Cl)C23CCC(CC2)CN3C)cc1. The summed E-state index contributed by atoms with van der Waals surface area (Å²) in [6, 6.07) is 11.7. The summed E-state index contributed by atoms with van der Waals surface area (Å²) in [5.41, 5.74) is 7.33. The van der Waals surface area contributed by atoms with E-state index in [1.165, 1.54) is 0 Å². The monoisotopic (exact) mass is 489 g/mol. The maximum absolute atomic E-state index is 13.4. The van der Waals surface area contributed by atoms with E-state index in [0.717, 1.165) is 37.8 Å². The summed E-state index contributed by atoms with van der Waals surface area (Å²) in [6.45, 7) is 2.84. The number of nitrogens with zero attached hydrogens (tertiary/aromatic N) is 1. The van der Waals surface area contributed by atoms with Gasteiger partial charge in [0.25, 0.3) is 5.91 Å². The lowest BCUT2D eigenvalue weighted by atomic mass is 9.66. The second kappa shape index (κ2) is 9.28. The van der Waals surface area contributed by atoms with Gasteiger partial charge in [-0.25, -0.2) is 8.42 Å². The number of fused-ring (bicyclic) bond motifs is 3. The molecule has 5 rings (SSSR count). The van der Waals surface area contributed by atoms with Crippen molar-refractivity contribution in [3.8, 4) is 0 Å². The molecule has 1 saturated carbocycles. The Hall–Kier alpha value is -2.09. The first-order valence-corrected chi connectivity index (χ1v) is 13.6. The fourth-order valence-electron chi connectivity index (χ4n) is 5.59. The van der Waals surface area contributed by atoms with E-state index >= 15 is 0 Å². The highest BCUT2D eigenvalue weighted by molar-refractivity contribution is 7.91. The number of nitrogen functional groups attached to an aromatic ring is 1. The van der Waals surface area contributed by atoms with Crippen LogP contribution in [0.25, 0.3) is 0 Å². The highest BCUT2D eigenvalue weighted by Gasteiger charge is 2.50. The molecule has 2 heterocycles. The summed E-state index contributed by atoms with van der Waals surface area (Å²) in [6.07, 6.45) is 4.74. The van der Waals surface area contributed by atoms with Crippen molar-refractivity contribution in [2.75, 3.05) is 25.1 Å². The van der Waals surface area contributed by atoms with Crippen LogP contribution in [-0.2, 0) is 9.84 Å². The zero-order chi connectivity index (χ0) is 23.8. The van der Waals surface area contributed by atoms with Crippen LogP contribution >= 0.6 is 11.6 Å². The minimum Gasteiger partial charge on any atom is -0.398 e. The Kier molecular flexibility index (Phi) is 6.76. The van der Waals surface area contributed by atoms with Crippen LogP contribution in [0.2, 0.25) is 5.02 Å². The topological polar surface area (TPSA) is 92.5 Å². The van der Waals surface area contributed by atoms with E-state index in [2.05, 4.69) is 17.3 Å². The van der Waals surface area contributed by atoms with Gasteiger partial charge in [0.15, 0.2) is 9.84 Å². The van der Waals surface area contributed by atoms with Gasteiger partial charge in [-0.15, -0.1) is 0 Å². The third-order valence-corrected chi connectivity index (χ3v) is 9.65. The van der Waals surface area contributed by atoms with Crippen LogP contribution in [0.1, 0.15) is 61.0 Å². The van der Waals surface area contributed by atoms with Gasteiger partial charge in [-0.2, -0.15) is 0 Å². The van der Waals surface area contributed by atoms with E-state index in [9.17, 15) is 13.2 Å². The molecule has 0 spiro atoms. The number of sulfone groups is 1. The number of anilines is 1. The number of hydrogen-bond donors (Lipinski definition) is 2. The van der Waals surface area contributed by atoms with Crippen LogP contribution < -0.4 is 11.1 Å². The summed E-state index contributed by atoms with van der Waals surface area (Å²) >= 11 is 6.33. The van der Waals surface area contributed by atoms with Crippen molar-refractivity contribution >= 4 is 33.0 Å². The quantitative estimate of drug-likeness (QED) is 0.560. The molecule has 33 heavy (non-hydrogen) atoms. The van der Waals surface area contributed by atoms with E-state index in [0.29, 0.717) is 27.9 Å². The maximum atomic E-state index is 13.4. The fraction of sp³-hybridized carbons (Fsp3) is 0.480. The predicted octanol–water partition coefficient (Wildman–Crippen LogP) is 4.45. The highest BCUT2D eigenvalue weighted by Crippen LogP contribution is 2.49. The van der Waals surface area contributed by atoms with Crippen LogP contribution in [0, 0.1) is 5.92 Å². The molecule has 178 valence electrons. The van der Waals surface area contributed by atoms with E-state index < -0.39 is 9.84 Å². The maximum Gasteiger partial charge on any atom is 0.255 e. The molecule has 3 aliphatic rings. The first-order valence-electron chi connectivity index (χ1n) is 11.6. The minimum atomic E-state index is -3.31. The van der Waals surface area contributed by atoms with Crippen molar-refractivity contribution in [3.63, 3.8) is 0 Å². The third-order valence-electron chi connectivity index (χ3n) is 7.39. The molecule has 2 saturated heterocycles. The fourth-order valence-corrected chi connectivity index (χ4v) is 7.18. The minimum absolute atomic E-state index is 0.117. The normalized spacial score (nSPS) is 23.9. The number of rotatable bonds is 7. The smallest absolute Gasteiger partial charge is 0.255 e. The molecule has 2 aromatic carbocycles.